The summed E-state index contributed by atoms with van der Waals surface area (Å²) in [5, 5.41) is 0. The van der Waals surface area contributed by atoms with Crippen LogP contribution in [0.3, 0.4) is 0 Å². The van der Waals surface area contributed by atoms with E-state index in [4.69, 9.17) is 9.73 Å². The molecule has 5 nitrogen and oxygen atoms in total. The van der Waals surface area contributed by atoms with Crippen molar-refractivity contribution in [1.29, 1.82) is 0 Å². The van der Waals surface area contributed by atoms with Gasteiger partial charge >= 0.3 is 0 Å². The summed E-state index contributed by atoms with van der Waals surface area (Å²) in [7, 11) is -2.23. The topological polar surface area (TPSA) is 67.8 Å². The Morgan fingerprint density at radius 2 is 1.77 bits per heavy atom. The summed E-state index contributed by atoms with van der Waals surface area (Å²) in [4.78, 5) is 4.94. The number of halogens is 1. The van der Waals surface area contributed by atoms with Crippen LogP contribution >= 0.6 is 0 Å². The van der Waals surface area contributed by atoms with E-state index in [0.29, 0.717) is 29.9 Å². The van der Waals surface area contributed by atoms with Crippen molar-refractivity contribution in [3.05, 3.63) is 59.4 Å². The smallest absolute Gasteiger partial charge is 0.240 e. The molecule has 0 spiro atoms. The van der Waals surface area contributed by atoms with Crippen LogP contribution in [0.25, 0.3) is 0 Å². The number of fused-ring (bicyclic) bond motifs is 1. The lowest BCUT2D eigenvalue weighted by Crippen LogP contribution is -2.37. The van der Waals surface area contributed by atoms with Crippen molar-refractivity contribution < 1.29 is 17.5 Å². The van der Waals surface area contributed by atoms with E-state index in [9.17, 15) is 12.8 Å². The average molecular weight is 376 g/mol. The molecule has 0 radical (unpaired) electrons. The summed E-state index contributed by atoms with van der Waals surface area (Å²) >= 11 is 0. The molecular formula is C19H21FN2O3S. The van der Waals surface area contributed by atoms with E-state index in [1.807, 2.05) is 13.8 Å². The number of hydrogen-bond donors (Lipinski definition) is 1. The van der Waals surface area contributed by atoms with Gasteiger partial charge in [-0.05, 0) is 43.4 Å². The Kier molecular flexibility index (Phi) is 4.86. The SMILES string of the molecule is CCC1(CC)N=C(c2ccc(F)cc2)c2ccc(S(=O)(=O)NC)cc2O1. The van der Waals surface area contributed by atoms with E-state index in [1.165, 1.54) is 31.3 Å². The summed E-state index contributed by atoms with van der Waals surface area (Å²) in [6.07, 6.45) is 1.24. The molecule has 1 aliphatic rings. The molecular weight excluding hydrogens is 355 g/mol. The highest BCUT2D eigenvalue weighted by Gasteiger charge is 2.35. The van der Waals surface area contributed by atoms with Gasteiger partial charge in [0.1, 0.15) is 11.6 Å². The monoisotopic (exact) mass is 376 g/mol. The molecule has 3 rings (SSSR count). The van der Waals surface area contributed by atoms with Crippen molar-refractivity contribution in [2.75, 3.05) is 7.05 Å². The lowest BCUT2D eigenvalue weighted by molar-refractivity contribution is 0.0656. The first-order valence-electron chi connectivity index (χ1n) is 8.47. The summed E-state index contributed by atoms with van der Waals surface area (Å²) in [6.45, 7) is 3.93. The van der Waals surface area contributed by atoms with Crippen molar-refractivity contribution in [2.24, 2.45) is 4.99 Å². The van der Waals surface area contributed by atoms with E-state index in [-0.39, 0.29) is 10.7 Å². The predicted molar refractivity (Wildman–Crippen MR) is 98.7 cm³/mol. The second kappa shape index (κ2) is 6.81. The van der Waals surface area contributed by atoms with Crippen LogP contribution in [0.5, 0.6) is 5.75 Å². The molecule has 2 aromatic carbocycles. The lowest BCUT2D eigenvalue weighted by atomic mass is 9.97. The van der Waals surface area contributed by atoms with Crippen molar-refractivity contribution >= 4 is 15.7 Å². The second-order valence-electron chi connectivity index (χ2n) is 6.09. The van der Waals surface area contributed by atoms with Crippen molar-refractivity contribution in [3.63, 3.8) is 0 Å². The average Bonchev–Trinajstić information content (AvgIpc) is 2.67. The molecule has 2 aromatic rings. The molecule has 7 heteroatoms. The number of ether oxygens (including phenoxy) is 1. The molecule has 1 N–H and O–H groups in total. The molecule has 1 heterocycles. The van der Waals surface area contributed by atoms with Gasteiger partial charge in [-0.3, -0.25) is 0 Å². The predicted octanol–water partition coefficient (Wildman–Crippen LogP) is 3.48. The van der Waals surface area contributed by atoms with Crippen molar-refractivity contribution in [3.8, 4) is 5.75 Å². The third kappa shape index (κ3) is 3.24. The van der Waals surface area contributed by atoms with E-state index in [0.717, 1.165) is 5.56 Å². The quantitative estimate of drug-likeness (QED) is 0.869. The molecule has 26 heavy (non-hydrogen) atoms. The molecule has 0 atom stereocenters. The molecule has 0 saturated carbocycles. The number of nitrogens with one attached hydrogen (secondary N) is 1. The Morgan fingerprint density at radius 3 is 2.35 bits per heavy atom. The minimum atomic E-state index is -3.59. The minimum Gasteiger partial charge on any atom is -0.465 e. The summed E-state index contributed by atoms with van der Waals surface area (Å²) in [5.74, 6) is 0.133. The lowest BCUT2D eigenvalue weighted by Gasteiger charge is -2.35. The normalized spacial score (nSPS) is 15.8. The van der Waals surface area contributed by atoms with Gasteiger partial charge in [0.2, 0.25) is 10.0 Å². The van der Waals surface area contributed by atoms with Gasteiger partial charge in [0.15, 0.2) is 5.72 Å². The van der Waals surface area contributed by atoms with Gasteiger partial charge in [-0.1, -0.05) is 13.8 Å². The standard InChI is InChI=1S/C19H21FN2O3S/c1-4-19(5-2)22-18(13-6-8-14(20)9-7-13)16-11-10-15(12-17(16)25-19)26(23,24)21-3/h6-12,21H,4-5H2,1-3H3. The maximum absolute atomic E-state index is 13.3. The van der Waals surface area contributed by atoms with Crippen LogP contribution in [0.2, 0.25) is 0 Å². The van der Waals surface area contributed by atoms with Crippen molar-refractivity contribution in [1.82, 2.24) is 4.72 Å². The molecule has 0 aliphatic carbocycles. The van der Waals surface area contributed by atoms with Gasteiger partial charge in [-0.15, -0.1) is 0 Å². The zero-order valence-electron chi connectivity index (χ0n) is 14.9. The summed E-state index contributed by atoms with van der Waals surface area (Å²) in [5.41, 5.74) is 1.33. The molecule has 0 aromatic heterocycles. The van der Waals surface area contributed by atoms with E-state index in [2.05, 4.69) is 4.72 Å². The minimum absolute atomic E-state index is 0.125. The van der Waals surface area contributed by atoms with Crippen LogP contribution in [0.1, 0.15) is 37.8 Å². The first kappa shape index (κ1) is 18.5. The number of hydrogen-bond acceptors (Lipinski definition) is 4. The highest BCUT2D eigenvalue weighted by molar-refractivity contribution is 7.89. The maximum atomic E-state index is 13.3. The van der Waals surface area contributed by atoms with E-state index in [1.54, 1.807) is 18.2 Å². The van der Waals surface area contributed by atoms with Crippen LogP contribution in [0.15, 0.2) is 52.4 Å². The number of sulfonamides is 1. The van der Waals surface area contributed by atoms with E-state index < -0.39 is 15.7 Å². The van der Waals surface area contributed by atoms with Gasteiger partial charge in [-0.2, -0.15) is 0 Å². The fraction of sp³-hybridized carbons (Fsp3) is 0.316. The van der Waals surface area contributed by atoms with Gasteiger partial charge in [0.25, 0.3) is 0 Å². The third-order valence-electron chi connectivity index (χ3n) is 4.63. The zero-order valence-corrected chi connectivity index (χ0v) is 15.7. The molecule has 0 bridgehead atoms. The Hall–Kier alpha value is -2.25. The molecule has 1 aliphatic heterocycles. The van der Waals surface area contributed by atoms with Crippen molar-refractivity contribution in [2.45, 2.75) is 37.3 Å². The second-order valence-corrected chi connectivity index (χ2v) is 7.97. The molecule has 0 fully saturated rings. The fourth-order valence-corrected chi connectivity index (χ4v) is 3.68. The first-order chi connectivity index (χ1) is 12.3. The molecule has 138 valence electrons. The van der Waals surface area contributed by atoms with Gasteiger partial charge in [-0.25, -0.2) is 22.5 Å². The van der Waals surface area contributed by atoms with Crippen LogP contribution in [-0.2, 0) is 10.0 Å². The number of benzene rings is 2. The highest BCUT2D eigenvalue weighted by Crippen LogP contribution is 2.37. The van der Waals surface area contributed by atoms with E-state index >= 15 is 0 Å². The zero-order chi connectivity index (χ0) is 18.9. The summed E-state index contributed by atoms with van der Waals surface area (Å²) in [6, 6.07) is 10.8. The van der Waals surface area contributed by atoms with Gasteiger partial charge < -0.3 is 4.74 Å². The van der Waals surface area contributed by atoms with Crippen LogP contribution in [0.4, 0.5) is 4.39 Å². The Labute approximate surface area is 153 Å². The Bertz CT molecular complexity index is 949. The van der Waals surface area contributed by atoms with Crippen LogP contribution in [0, 0.1) is 5.82 Å². The highest BCUT2D eigenvalue weighted by atomic mass is 32.2. The number of aliphatic imine (C=N–C) groups is 1. The molecule has 0 unspecified atom stereocenters. The van der Waals surface area contributed by atoms with Gasteiger partial charge in [0, 0.05) is 30.0 Å². The maximum Gasteiger partial charge on any atom is 0.240 e. The largest absolute Gasteiger partial charge is 0.465 e. The Morgan fingerprint density at radius 1 is 1.12 bits per heavy atom. The van der Waals surface area contributed by atoms with Gasteiger partial charge in [0.05, 0.1) is 10.6 Å². The van der Waals surface area contributed by atoms with Crippen LogP contribution in [-0.4, -0.2) is 26.9 Å². The van der Waals surface area contributed by atoms with Crippen LogP contribution < -0.4 is 9.46 Å². The summed E-state index contributed by atoms with van der Waals surface area (Å²) < 4.78 is 46.0. The molecule has 0 amide bonds. The Balaban J connectivity index is 2.20. The third-order valence-corrected chi connectivity index (χ3v) is 6.04. The number of nitrogens with zero attached hydrogens (tertiary/aromatic N) is 1. The first-order valence-corrected chi connectivity index (χ1v) is 9.95. The fourth-order valence-electron chi connectivity index (χ4n) is 2.94. The number of rotatable bonds is 5. The molecule has 0 saturated heterocycles.